The topological polar surface area (TPSA) is 50.5 Å². The van der Waals surface area contributed by atoms with Gasteiger partial charge in [0.2, 0.25) is 0 Å². The first-order valence-electron chi connectivity index (χ1n) is 8.03. The van der Waals surface area contributed by atoms with Gasteiger partial charge in [0.25, 0.3) is 0 Å². The van der Waals surface area contributed by atoms with Crippen molar-refractivity contribution in [3.63, 3.8) is 0 Å². The summed E-state index contributed by atoms with van der Waals surface area (Å²) < 4.78 is 0. The van der Waals surface area contributed by atoms with E-state index in [1.165, 1.54) is 15.5 Å². The summed E-state index contributed by atoms with van der Waals surface area (Å²) >= 11 is 1.75. The van der Waals surface area contributed by atoms with Gasteiger partial charge in [0.05, 0.1) is 29.6 Å². The Bertz CT molecular complexity index is 771. The van der Waals surface area contributed by atoms with Crippen LogP contribution in [-0.2, 0) is 0 Å². The number of hydrogen-bond acceptors (Lipinski definition) is 5. The highest BCUT2D eigenvalue weighted by molar-refractivity contribution is 7.99. The smallest absolute Gasteiger partial charge is 0.0992 e. The molecule has 1 heterocycles. The average molecular weight is 339 g/mol. The Morgan fingerprint density at radius 1 is 1.21 bits per heavy atom. The molecule has 3 rings (SSSR count). The summed E-state index contributed by atoms with van der Waals surface area (Å²) in [6.07, 6.45) is 0. The zero-order chi connectivity index (χ0) is 17.1. The Kier molecular flexibility index (Phi) is 5.10. The molecule has 0 amide bonds. The molecule has 5 heteroatoms. The van der Waals surface area contributed by atoms with Gasteiger partial charge in [0.1, 0.15) is 0 Å². The highest BCUT2D eigenvalue weighted by atomic mass is 32.2. The lowest BCUT2D eigenvalue weighted by Gasteiger charge is -2.38. The van der Waals surface area contributed by atoms with Crippen molar-refractivity contribution in [1.29, 1.82) is 5.26 Å². The quantitative estimate of drug-likeness (QED) is 0.904. The maximum Gasteiger partial charge on any atom is 0.0992 e. The van der Waals surface area contributed by atoms with Crippen LogP contribution in [0.25, 0.3) is 0 Å². The number of benzene rings is 2. The van der Waals surface area contributed by atoms with Gasteiger partial charge in [-0.05, 0) is 44.3 Å². The number of likely N-dealkylation sites (N-methyl/N-ethyl adjacent to an activating group) is 1. The third kappa shape index (κ3) is 3.27. The average Bonchev–Trinajstić information content (AvgIpc) is 2.59. The molecule has 0 saturated carbocycles. The van der Waals surface area contributed by atoms with E-state index in [2.05, 4.69) is 47.1 Å². The van der Waals surface area contributed by atoms with Gasteiger partial charge in [-0.2, -0.15) is 5.26 Å². The molecule has 2 aromatic rings. The van der Waals surface area contributed by atoms with E-state index in [0.29, 0.717) is 12.1 Å². The maximum absolute atomic E-state index is 9.26. The second-order valence-corrected chi connectivity index (χ2v) is 7.15. The Morgan fingerprint density at radius 2 is 1.96 bits per heavy atom. The van der Waals surface area contributed by atoms with Crippen LogP contribution in [0.4, 0.5) is 11.4 Å². The molecule has 0 fully saturated rings. The summed E-state index contributed by atoms with van der Waals surface area (Å²) in [6.45, 7) is 3.82. The number of rotatable bonds is 5. The fourth-order valence-corrected chi connectivity index (χ4v) is 4.17. The van der Waals surface area contributed by atoms with Gasteiger partial charge in [-0.1, -0.05) is 23.9 Å². The Morgan fingerprint density at radius 3 is 2.71 bits per heavy atom. The van der Waals surface area contributed by atoms with Crippen molar-refractivity contribution < 1.29 is 5.11 Å². The van der Waals surface area contributed by atoms with Gasteiger partial charge < -0.3 is 14.9 Å². The molecule has 1 aliphatic heterocycles. The van der Waals surface area contributed by atoms with Crippen LogP contribution in [0.5, 0.6) is 0 Å². The number of fused-ring (bicyclic) bond motifs is 2. The van der Waals surface area contributed by atoms with Gasteiger partial charge in [0.15, 0.2) is 0 Å². The van der Waals surface area contributed by atoms with Crippen molar-refractivity contribution in [2.75, 3.05) is 31.6 Å². The second-order valence-electron chi connectivity index (χ2n) is 6.07. The van der Waals surface area contributed by atoms with Crippen LogP contribution < -0.4 is 4.90 Å². The van der Waals surface area contributed by atoms with Crippen LogP contribution in [0.2, 0.25) is 0 Å². The number of aliphatic hydroxyl groups is 1. The summed E-state index contributed by atoms with van der Waals surface area (Å²) in [5, 5.41) is 18.4. The van der Waals surface area contributed by atoms with Crippen molar-refractivity contribution in [2.24, 2.45) is 0 Å². The van der Waals surface area contributed by atoms with Crippen molar-refractivity contribution >= 4 is 23.1 Å². The summed E-state index contributed by atoms with van der Waals surface area (Å²) in [6, 6.07) is 16.7. The lowest BCUT2D eigenvalue weighted by Crippen LogP contribution is -2.40. The monoisotopic (exact) mass is 339 g/mol. The first kappa shape index (κ1) is 16.8. The third-order valence-electron chi connectivity index (χ3n) is 4.19. The molecule has 0 spiro atoms. The van der Waals surface area contributed by atoms with E-state index in [1.54, 1.807) is 11.8 Å². The molecule has 24 heavy (non-hydrogen) atoms. The maximum atomic E-state index is 9.26. The van der Waals surface area contributed by atoms with E-state index in [4.69, 9.17) is 5.11 Å². The molecule has 0 saturated heterocycles. The zero-order valence-corrected chi connectivity index (χ0v) is 14.8. The highest BCUT2D eigenvalue weighted by Gasteiger charge is 2.27. The molecule has 1 N–H and O–H groups in total. The van der Waals surface area contributed by atoms with Crippen molar-refractivity contribution in [3.8, 4) is 6.07 Å². The van der Waals surface area contributed by atoms with Gasteiger partial charge in [0, 0.05) is 28.9 Å². The number of hydrogen-bond donors (Lipinski definition) is 1. The molecular formula is C19H21N3OS. The zero-order valence-electron chi connectivity index (χ0n) is 13.9. The first-order chi connectivity index (χ1) is 11.6. The first-order valence-corrected chi connectivity index (χ1v) is 8.85. The number of para-hydroxylation sites is 1. The van der Waals surface area contributed by atoms with Crippen molar-refractivity contribution in [2.45, 2.75) is 22.8 Å². The molecule has 0 radical (unpaired) electrons. The Labute approximate surface area is 147 Å². The summed E-state index contributed by atoms with van der Waals surface area (Å²) in [7, 11) is 2.02. The number of anilines is 2. The number of nitrogens with zero attached hydrogens (tertiary/aromatic N) is 3. The fourth-order valence-electron chi connectivity index (χ4n) is 3.12. The van der Waals surface area contributed by atoms with Gasteiger partial charge in [-0.25, -0.2) is 0 Å². The lowest BCUT2D eigenvalue weighted by molar-refractivity contribution is 0.216. The van der Waals surface area contributed by atoms with Crippen LogP contribution in [0.3, 0.4) is 0 Å². The van der Waals surface area contributed by atoms with Crippen LogP contribution in [0.15, 0.2) is 52.3 Å². The minimum absolute atomic E-state index is 0.158. The van der Waals surface area contributed by atoms with E-state index in [1.807, 2.05) is 25.2 Å². The molecular weight excluding hydrogens is 318 g/mol. The van der Waals surface area contributed by atoms with Crippen molar-refractivity contribution in [3.05, 3.63) is 48.0 Å². The number of aliphatic hydroxyl groups excluding tert-OH is 1. The van der Waals surface area contributed by atoms with Crippen molar-refractivity contribution in [1.82, 2.24) is 4.90 Å². The summed E-state index contributed by atoms with van der Waals surface area (Å²) in [4.78, 5) is 6.84. The van der Waals surface area contributed by atoms with Gasteiger partial charge in [-0.3, -0.25) is 0 Å². The molecule has 124 valence electrons. The van der Waals surface area contributed by atoms with Crippen LogP contribution in [0, 0.1) is 11.3 Å². The minimum atomic E-state index is 0.158. The molecule has 0 bridgehead atoms. The molecule has 1 atom stereocenters. The largest absolute Gasteiger partial charge is 0.395 e. The van der Waals surface area contributed by atoms with E-state index >= 15 is 0 Å². The highest BCUT2D eigenvalue weighted by Crippen LogP contribution is 2.49. The molecule has 0 unspecified atom stereocenters. The van der Waals surface area contributed by atoms with Gasteiger partial charge in [-0.15, -0.1) is 0 Å². The summed E-state index contributed by atoms with van der Waals surface area (Å²) in [5.74, 6) is 0. The minimum Gasteiger partial charge on any atom is -0.395 e. The van der Waals surface area contributed by atoms with Crippen LogP contribution in [-0.4, -0.2) is 42.8 Å². The van der Waals surface area contributed by atoms with E-state index in [0.717, 1.165) is 12.2 Å². The molecule has 0 aromatic heterocycles. The van der Waals surface area contributed by atoms with Crippen LogP contribution in [0.1, 0.15) is 12.5 Å². The normalized spacial score (nSPS) is 14.0. The summed E-state index contributed by atoms with van der Waals surface area (Å²) in [5.41, 5.74) is 2.94. The standard InChI is InChI=1S/C19H21N3OS/c1-14(13-21(2)9-10-23)22-16-5-3-4-6-18(16)24-19-8-7-15(12-20)11-17(19)22/h3-8,11,14,23H,9-10,13H2,1-2H3/t14-/m1/s1. The lowest BCUT2D eigenvalue weighted by atomic mass is 10.1. The molecule has 4 nitrogen and oxygen atoms in total. The molecule has 1 aliphatic rings. The second kappa shape index (κ2) is 7.27. The van der Waals surface area contributed by atoms with E-state index in [9.17, 15) is 5.26 Å². The predicted octanol–water partition coefficient (Wildman–Crippen LogP) is 3.47. The van der Waals surface area contributed by atoms with Gasteiger partial charge >= 0.3 is 0 Å². The van der Waals surface area contributed by atoms with E-state index < -0.39 is 0 Å². The number of nitriles is 1. The molecule has 0 aliphatic carbocycles. The Balaban J connectivity index is 2.02. The van der Waals surface area contributed by atoms with E-state index in [-0.39, 0.29) is 12.6 Å². The molecule has 2 aromatic carbocycles. The van der Waals surface area contributed by atoms with Crippen LogP contribution >= 0.6 is 11.8 Å². The third-order valence-corrected chi connectivity index (χ3v) is 5.32. The SMILES string of the molecule is C[C@H](CN(C)CCO)N1c2ccccc2Sc2ccc(C#N)cc21. The Hall–Kier alpha value is -2.00. The fraction of sp³-hybridized carbons (Fsp3) is 0.316. The predicted molar refractivity (Wildman–Crippen MR) is 97.9 cm³/mol.